The number of nitrogens with one attached hydrogen (secondary N) is 1. The highest BCUT2D eigenvalue weighted by molar-refractivity contribution is 5.48. The van der Waals surface area contributed by atoms with Gasteiger partial charge in [0.2, 0.25) is 0 Å². The maximum atomic E-state index is 9.28. The lowest BCUT2D eigenvalue weighted by Crippen LogP contribution is -2.06. The first-order valence-corrected chi connectivity index (χ1v) is 6.33. The summed E-state index contributed by atoms with van der Waals surface area (Å²) < 4.78 is 0. The van der Waals surface area contributed by atoms with Crippen molar-refractivity contribution in [1.82, 2.24) is 0 Å². The normalized spacial score (nSPS) is 12.1. The maximum absolute atomic E-state index is 9.28. The van der Waals surface area contributed by atoms with Crippen LogP contribution in [-0.2, 0) is 6.42 Å². The smallest absolute Gasteiger partial charge is 0.115 e. The summed E-state index contributed by atoms with van der Waals surface area (Å²) in [4.78, 5) is 0. The fraction of sp³-hybridized carbons (Fsp3) is 0.250. The first-order chi connectivity index (χ1) is 8.69. The predicted molar refractivity (Wildman–Crippen MR) is 76.0 cm³/mol. The molecule has 0 fully saturated rings. The molecule has 0 saturated heterocycles. The van der Waals surface area contributed by atoms with E-state index >= 15 is 0 Å². The lowest BCUT2D eigenvalue weighted by Gasteiger charge is -2.16. The van der Waals surface area contributed by atoms with Crippen LogP contribution in [0.4, 0.5) is 5.69 Å². The van der Waals surface area contributed by atoms with E-state index in [0.29, 0.717) is 5.75 Å². The zero-order chi connectivity index (χ0) is 13.0. The van der Waals surface area contributed by atoms with Gasteiger partial charge in [0.1, 0.15) is 5.75 Å². The third kappa shape index (κ3) is 3.04. The molecule has 0 aliphatic carbocycles. The number of rotatable bonds is 4. The minimum absolute atomic E-state index is 0.220. The maximum Gasteiger partial charge on any atom is 0.115 e. The van der Waals surface area contributed by atoms with Crippen LogP contribution in [0.15, 0.2) is 48.5 Å². The Hall–Kier alpha value is -1.96. The molecule has 1 unspecified atom stereocenters. The average Bonchev–Trinajstić information content (AvgIpc) is 2.39. The van der Waals surface area contributed by atoms with Crippen molar-refractivity contribution in [1.29, 1.82) is 0 Å². The summed E-state index contributed by atoms with van der Waals surface area (Å²) in [6, 6.07) is 16.0. The van der Waals surface area contributed by atoms with E-state index in [1.165, 1.54) is 5.56 Å². The molecule has 0 amide bonds. The second-order valence-corrected chi connectivity index (χ2v) is 4.51. The van der Waals surface area contributed by atoms with Crippen LogP contribution < -0.4 is 5.32 Å². The Morgan fingerprint density at radius 2 is 1.83 bits per heavy atom. The summed E-state index contributed by atoms with van der Waals surface area (Å²) in [5, 5.41) is 12.7. The van der Waals surface area contributed by atoms with Crippen molar-refractivity contribution >= 4 is 5.69 Å². The van der Waals surface area contributed by atoms with Crippen LogP contribution in [0.5, 0.6) is 5.75 Å². The van der Waals surface area contributed by atoms with E-state index in [-0.39, 0.29) is 6.04 Å². The Labute approximate surface area is 108 Å². The molecule has 2 heteroatoms. The van der Waals surface area contributed by atoms with Crippen LogP contribution >= 0.6 is 0 Å². The summed E-state index contributed by atoms with van der Waals surface area (Å²) >= 11 is 0. The summed E-state index contributed by atoms with van der Waals surface area (Å²) in [5.74, 6) is 0.305. The molecule has 0 aromatic heterocycles. The van der Waals surface area contributed by atoms with Gasteiger partial charge in [-0.15, -0.1) is 0 Å². The van der Waals surface area contributed by atoms with Gasteiger partial charge >= 0.3 is 0 Å². The second-order valence-electron chi connectivity index (χ2n) is 4.51. The van der Waals surface area contributed by atoms with Crippen molar-refractivity contribution in [3.63, 3.8) is 0 Å². The highest BCUT2D eigenvalue weighted by Crippen LogP contribution is 2.21. The van der Waals surface area contributed by atoms with Crippen LogP contribution in [-0.4, -0.2) is 5.11 Å². The predicted octanol–water partition coefficient (Wildman–Crippen LogP) is 4.13. The van der Waals surface area contributed by atoms with E-state index in [1.54, 1.807) is 12.1 Å². The molecule has 1 atom stereocenters. The lowest BCUT2D eigenvalue weighted by molar-refractivity contribution is 0.475. The zero-order valence-electron chi connectivity index (χ0n) is 10.9. The monoisotopic (exact) mass is 241 g/mol. The Bertz CT molecular complexity index is 505. The highest BCUT2D eigenvalue weighted by Gasteiger charge is 2.05. The van der Waals surface area contributed by atoms with Gasteiger partial charge in [0.15, 0.2) is 0 Å². The number of hydrogen-bond acceptors (Lipinski definition) is 2. The largest absolute Gasteiger partial charge is 0.508 e. The number of phenolic OH excluding ortho intramolecular Hbond substituents is 1. The van der Waals surface area contributed by atoms with Gasteiger partial charge in [-0.3, -0.25) is 0 Å². The second kappa shape index (κ2) is 5.58. The van der Waals surface area contributed by atoms with Crippen molar-refractivity contribution in [3.8, 4) is 5.75 Å². The van der Waals surface area contributed by atoms with Crippen molar-refractivity contribution in [2.45, 2.75) is 26.3 Å². The number of phenols is 1. The van der Waals surface area contributed by atoms with Gasteiger partial charge in [0, 0.05) is 11.7 Å². The molecule has 0 aliphatic heterocycles. The van der Waals surface area contributed by atoms with Gasteiger partial charge in [-0.25, -0.2) is 0 Å². The third-order valence-corrected chi connectivity index (χ3v) is 3.11. The number of anilines is 1. The zero-order valence-corrected chi connectivity index (χ0v) is 10.9. The summed E-state index contributed by atoms with van der Waals surface area (Å²) in [5.41, 5.74) is 3.63. The Kier molecular flexibility index (Phi) is 3.88. The molecule has 0 bridgehead atoms. The van der Waals surface area contributed by atoms with E-state index < -0.39 is 0 Å². The molecule has 2 aromatic rings. The van der Waals surface area contributed by atoms with Crippen molar-refractivity contribution in [3.05, 3.63) is 59.7 Å². The highest BCUT2D eigenvalue weighted by atomic mass is 16.3. The minimum Gasteiger partial charge on any atom is -0.508 e. The number of hydrogen-bond donors (Lipinski definition) is 2. The SMILES string of the molecule is CCc1cccc(NC(C)c2ccc(O)cc2)c1. The average molecular weight is 241 g/mol. The number of aromatic hydroxyl groups is 1. The number of aryl methyl sites for hydroxylation is 1. The van der Waals surface area contributed by atoms with Gasteiger partial charge in [-0.1, -0.05) is 31.2 Å². The molecule has 2 nitrogen and oxygen atoms in total. The standard InChI is InChI=1S/C16H19NO/c1-3-13-5-4-6-15(11-13)17-12(2)14-7-9-16(18)10-8-14/h4-12,17-18H,3H2,1-2H3. The fourth-order valence-corrected chi connectivity index (χ4v) is 1.98. The third-order valence-electron chi connectivity index (χ3n) is 3.11. The van der Waals surface area contributed by atoms with Crippen molar-refractivity contribution in [2.75, 3.05) is 5.32 Å². The van der Waals surface area contributed by atoms with Crippen molar-refractivity contribution < 1.29 is 5.11 Å². The lowest BCUT2D eigenvalue weighted by atomic mass is 10.1. The van der Waals surface area contributed by atoms with E-state index in [9.17, 15) is 5.11 Å². The van der Waals surface area contributed by atoms with Crippen LogP contribution in [0.1, 0.15) is 31.0 Å². The quantitative estimate of drug-likeness (QED) is 0.843. The van der Waals surface area contributed by atoms with Crippen LogP contribution in [0, 0.1) is 0 Å². The Balaban J connectivity index is 2.10. The fourth-order valence-electron chi connectivity index (χ4n) is 1.98. The molecule has 0 saturated carbocycles. The Morgan fingerprint density at radius 1 is 1.11 bits per heavy atom. The molecule has 2 rings (SSSR count). The molecule has 0 aliphatic rings. The molecule has 2 aromatic carbocycles. The molecule has 94 valence electrons. The first-order valence-electron chi connectivity index (χ1n) is 6.33. The van der Waals surface area contributed by atoms with E-state index in [2.05, 4.69) is 43.4 Å². The first kappa shape index (κ1) is 12.5. The molecule has 0 spiro atoms. The molecule has 0 heterocycles. The van der Waals surface area contributed by atoms with Crippen LogP contribution in [0.25, 0.3) is 0 Å². The van der Waals surface area contributed by atoms with E-state index in [4.69, 9.17) is 0 Å². The number of benzene rings is 2. The minimum atomic E-state index is 0.220. The molecular weight excluding hydrogens is 222 g/mol. The van der Waals surface area contributed by atoms with E-state index in [0.717, 1.165) is 17.7 Å². The summed E-state index contributed by atoms with van der Waals surface area (Å²) in [7, 11) is 0. The van der Waals surface area contributed by atoms with Gasteiger partial charge < -0.3 is 10.4 Å². The Morgan fingerprint density at radius 3 is 2.50 bits per heavy atom. The molecule has 2 N–H and O–H groups in total. The molecule has 0 radical (unpaired) electrons. The van der Waals surface area contributed by atoms with Gasteiger partial charge in [-0.05, 0) is 48.7 Å². The summed E-state index contributed by atoms with van der Waals surface area (Å²) in [6.45, 7) is 4.27. The van der Waals surface area contributed by atoms with E-state index in [1.807, 2.05) is 12.1 Å². The summed E-state index contributed by atoms with van der Waals surface area (Å²) in [6.07, 6.45) is 1.04. The molecule has 18 heavy (non-hydrogen) atoms. The van der Waals surface area contributed by atoms with Gasteiger partial charge in [0.25, 0.3) is 0 Å². The molecular formula is C16H19NO. The van der Waals surface area contributed by atoms with Crippen LogP contribution in [0.3, 0.4) is 0 Å². The topological polar surface area (TPSA) is 32.3 Å². The van der Waals surface area contributed by atoms with Crippen molar-refractivity contribution in [2.24, 2.45) is 0 Å². The van der Waals surface area contributed by atoms with Gasteiger partial charge in [-0.2, -0.15) is 0 Å². The van der Waals surface area contributed by atoms with Gasteiger partial charge in [0.05, 0.1) is 0 Å². The van der Waals surface area contributed by atoms with Crippen LogP contribution in [0.2, 0.25) is 0 Å².